The Labute approximate surface area is 145 Å². The van der Waals surface area contributed by atoms with Crippen molar-refractivity contribution >= 4 is 26.5 Å². The largest absolute Gasteiger partial charge is 0.495 e. The lowest BCUT2D eigenvalue weighted by molar-refractivity contribution is 0.417. The molecule has 0 aliphatic carbocycles. The molecule has 0 radical (unpaired) electrons. The molecule has 1 N–H and O–H groups in total. The highest BCUT2D eigenvalue weighted by Crippen LogP contribution is 2.34. The van der Waals surface area contributed by atoms with Gasteiger partial charge in [-0.25, -0.2) is 4.39 Å². The van der Waals surface area contributed by atoms with Crippen molar-refractivity contribution in [1.82, 2.24) is 0 Å². The third kappa shape index (κ3) is 3.28. The summed E-state index contributed by atoms with van der Waals surface area (Å²) in [6.45, 7) is 3.59. The number of amidine groups is 1. The second kappa shape index (κ2) is 6.33. The van der Waals surface area contributed by atoms with Gasteiger partial charge >= 0.3 is 0 Å². The van der Waals surface area contributed by atoms with Gasteiger partial charge < -0.3 is 10.1 Å². The fourth-order valence-corrected chi connectivity index (χ4v) is 4.10. The van der Waals surface area contributed by atoms with Gasteiger partial charge in [-0.3, -0.25) is 0 Å². The topological polar surface area (TPSA) is 67.8 Å². The van der Waals surface area contributed by atoms with Crippen molar-refractivity contribution in [2.24, 2.45) is 4.40 Å². The molecule has 1 aliphatic heterocycles. The number of methoxy groups -OCH3 is 1. The van der Waals surface area contributed by atoms with Gasteiger partial charge in [0.15, 0.2) is 0 Å². The van der Waals surface area contributed by atoms with E-state index in [-0.39, 0.29) is 10.7 Å². The molecule has 130 valence electrons. The summed E-state index contributed by atoms with van der Waals surface area (Å²) in [5.74, 6) is 0.373. The van der Waals surface area contributed by atoms with Crippen molar-refractivity contribution in [1.29, 1.82) is 0 Å². The average Bonchev–Trinajstić information content (AvgIpc) is 2.78. The number of halogens is 1. The maximum absolute atomic E-state index is 13.1. The Morgan fingerprint density at radius 1 is 1.08 bits per heavy atom. The van der Waals surface area contributed by atoms with Gasteiger partial charge in [-0.05, 0) is 49.2 Å². The Kier molecular flexibility index (Phi) is 4.34. The molecule has 1 heterocycles. The lowest BCUT2D eigenvalue weighted by Gasteiger charge is -2.12. The molecular formula is C18H17FN2O3S. The van der Waals surface area contributed by atoms with E-state index in [1.807, 2.05) is 19.1 Å². The van der Waals surface area contributed by atoms with E-state index in [1.54, 1.807) is 13.0 Å². The van der Waals surface area contributed by atoms with E-state index in [4.69, 9.17) is 4.74 Å². The standard InChI is InChI=1S/C18H17FN2O3S/c1-11-4-9-16(24-3)15(10-11)20-18-12(2)17(25(22,23)21-18)13-5-7-14(19)8-6-13/h4-10H,1-3H3,(H,20,21). The summed E-state index contributed by atoms with van der Waals surface area (Å²) in [6, 6.07) is 10.8. The maximum Gasteiger partial charge on any atom is 0.285 e. The molecule has 1 aliphatic rings. The van der Waals surface area contributed by atoms with Gasteiger partial charge in [-0.2, -0.15) is 8.42 Å². The van der Waals surface area contributed by atoms with Crippen LogP contribution in [0.3, 0.4) is 0 Å². The average molecular weight is 360 g/mol. The van der Waals surface area contributed by atoms with Crippen LogP contribution in [-0.2, 0) is 10.0 Å². The van der Waals surface area contributed by atoms with Gasteiger partial charge in [-0.1, -0.05) is 18.2 Å². The number of aryl methyl sites for hydroxylation is 1. The monoisotopic (exact) mass is 360 g/mol. The molecule has 0 saturated carbocycles. The zero-order chi connectivity index (χ0) is 18.2. The normalized spacial score (nSPS) is 15.9. The van der Waals surface area contributed by atoms with Gasteiger partial charge in [0.2, 0.25) is 0 Å². The molecule has 0 unspecified atom stereocenters. The first-order valence-corrected chi connectivity index (χ1v) is 8.99. The molecule has 2 aromatic carbocycles. The molecule has 5 nitrogen and oxygen atoms in total. The molecule has 0 amide bonds. The smallest absolute Gasteiger partial charge is 0.285 e. The number of anilines is 1. The predicted molar refractivity (Wildman–Crippen MR) is 96.7 cm³/mol. The summed E-state index contributed by atoms with van der Waals surface area (Å²) >= 11 is 0. The number of benzene rings is 2. The second-order valence-electron chi connectivity index (χ2n) is 5.70. The first kappa shape index (κ1) is 17.2. The zero-order valence-corrected chi connectivity index (χ0v) is 14.8. The molecule has 0 bridgehead atoms. The number of hydrogen-bond acceptors (Lipinski definition) is 4. The molecule has 0 atom stereocenters. The van der Waals surface area contributed by atoms with Crippen LogP contribution in [0.5, 0.6) is 5.75 Å². The van der Waals surface area contributed by atoms with E-state index < -0.39 is 15.8 Å². The molecule has 3 rings (SSSR count). The number of ether oxygens (including phenoxy) is 1. The van der Waals surface area contributed by atoms with E-state index in [2.05, 4.69) is 9.71 Å². The third-order valence-corrected chi connectivity index (χ3v) is 5.36. The van der Waals surface area contributed by atoms with Gasteiger partial charge in [0.05, 0.1) is 12.8 Å². The number of hydrogen-bond donors (Lipinski definition) is 1. The Hall–Kier alpha value is -2.67. The van der Waals surface area contributed by atoms with Crippen LogP contribution in [0.25, 0.3) is 4.91 Å². The lowest BCUT2D eigenvalue weighted by atomic mass is 10.1. The molecular weight excluding hydrogens is 343 g/mol. The van der Waals surface area contributed by atoms with Crippen molar-refractivity contribution < 1.29 is 17.5 Å². The van der Waals surface area contributed by atoms with Crippen molar-refractivity contribution in [2.75, 3.05) is 12.4 Å². The van der Waals surface area contributed by atoms with Crippen LogP contribution in [0.15, 0.2) is 52.4 Å². The van der Waals surface area contributed by atoms with Crippen LogP contribution in [0.1, 0.15) is 18.1 Å². The minimum absolute atomic E-state index is 0.0709. The number of sulfonamides is 1. The Balaban J connectivity index is 2.04. The van der Waals surface area contributed by atoms with Crippen LogP contribution in [0, 0.1) is 12.7 Å². The molecule has 0 saturated heterocycles. The van der Waals surface area contributed by atoms with Crippen molar-refractivity contribution in [3.63, 3.8) is 0 Å². The van der Waals surface area contributed by atoms with Crippen LogP contribution in [0.2, 0.25) is 0 Å². The SMILES string of the molecule is COc1ccc(C)cc1NC1=NS(=O)(=O)C(c2ccc(F)cc2)=C1C. The quantitative estimate of drug-likeness (QED) is 0.906. The van der Waals surface area contributed by atoms with Crippen molar-refractivity contribution in [3.05, 3.63) is 65.0 Å². The van der Waals surface area contributed by atoms with Crippen LogP contribution >= 0.6 is 0 Å². The zero-order valence-electron chi connectivity index (χ0n) is 14.0. The lowest BCUT2D eigenvalue weighted by Crippen LogP contribution is -2.12. The summed E-state index contributed by atoms with van der Waals surface area (Å²) in [6.07, 6.45) is 0. The van der Waals surface area contributed by atoms with E-state index in [0.717, 1.165) is 5.56 Å². The van der Waals surface area contributed by atoms with Crippen molar-refractivity contribution in [3.8, 4) is 5.75 Å². The summed E-state index contributed by atoms with van der Waals surface area (Å²) in [7, 11) is -2.32. The predicted octanol–water partition coefficient (Wildman–Crippen LogP) is 3.73. The fraction of sp³-hybridized carbons (Fsp3) is 0.167. The minimum atomic E-state index is -3.86. The summed E-state index contributed by atoms with van der Waals surface area (Å²) in [5.41, 5.74) is 2.48. The van der Waals surface area contributed by atoms with Gasteiger partial charge in [0, 0.05) is 5.57 Å². The van der Waals surface area contributed by atoms with Gasteiger partial charge in [-0.15, -0.1) is 4.40 Å². The fourth-order valence-electron chi connectivity index (χ4n) is 2.67. The summed E-state index contributed by atoms with van der Waals surface area (Å²) < 4.78 is 47.2. The van der Waals surface area contributed by atoms with E-state index in [1.165, 1.54) is 31.4 Å². The summed E-state index contributed by atoms with van der Waals surface area (Å²) in [4.78, 5) is 0.0709. The Morgan fingerprint density at radius 3 is 2.40 bits per heavy atom. The first-order chi connectivity index (χ1) is 11.8. The summed E-state index contributed by atoms with van der Waals surface area (Å²) in [5, 5.41) is 3.03. The van der Waals surface area contributed by atoms with Crippen LogP contribution in [-0.4, -0.2) is 21.4 Å². The van der Waals surface area contributed by atoms with Gasteiger partial charge in [0.25, 0.3) is 10.0 Å². The molecule has 7 heteroatoms. The number of rotatable bonds is 3. The van der Waals surface area contributed by atoms with Crippen LogP contribution in [0.4, 0.5) is 10.1 Å². The highest BCUT2D eigenvalue weighted by atomic mass is 32.2. The number of nitrogens with one attached hydrogen (secondary N) is 1. The van der Waals surface area contributed by atoms with Crippen LogP contribution < -0.4 is 10.1 Å². The molecule has 25 heavy (non-hydrogen) atoms. The number of nitrogens with zero attached hydrogens (tertiary/aromatic N) is 1. The Bertz CT molecular complexity index is 993. The van der Waals surface area contributed by atoms with E-state index in [9.17, 15) is 12.8 Å². The van der Waals surface area contributed by atoms with Crippen molar-refractivity contribution in [2.45, 2.75) is 13.8 Å². The minimum Gasteiger partial charge on any atom is -0.495 e. The highest BCUT2D eigenvalue weighted by molar-refractivity contribution is 8.00. The van der Waals surface area contributed by atoms with E-state index >= 15 is 0 Å². The first-order valence-electron chi connectivity index (χ1n) is 7.55. The molecule has 0 spiro atoms. The molecule has 0 aromatic heterocycles. The second-order valence-corrected chi connectivity index (χ2v) is 7.25. The highest BCUT2D eigenvalue weighted by Gasteiger charge is 2.31. The van der Waals surface area contributed by atoms with E-state index in [0.29, 0.717) is 22.6 Å². The molecule has 2 aromatic rings. The van der Waals surface area contributed by atoms with Gasteiger partial charge in [0.1, 0.15) is 22.3 Å². The Morgan fingerprint density at radius 2 is 1.76 bits per heavy atom. The molecule has 0 fully saturated rings. The third-order valence-electron chi connectivity index (χ3n) is 3.88. The maximum atomic E-state index is 13.1.